The first-order valence-corrected chi connectivity index (χ1v) is 10.8. The van der Waals surface area contributed by atoms with Gasteiger partial charge in [-0.3, -0.25) is 0 Å². The number of hydrogen-bond acceptors (Lipinski definition) is 10. The summed E-state index contributed by atoms with van der Waals surface area (Å²) in [6, 6.07) is 15.4. The Hall–Kier alpha value is -4.02. The number of halogens is 1. The summed E-state index contributed by atoms with van der Waals surface area (Å²) < 4.78 is 30.7. The number of hydrogen-bond donors (Lipinski definition) is 2. The number of phosphoric acid groups is 1. The molecule has 0 spiro atoms. The van der Waals surface area contributed by atoms with Crippen LogP contribution in [-0.4, -0.2) is 40.7 Å². The van der Waals surface area contributed by atoms with E-state index in [0.29, 0.717) is 9.69 Å². The molecule has 5 rings (SSSR count). The molecule has 12 nitrogen and oxygen atoms in total. The molecule has 0 aliphatic rings. The van der Waals surface area contributed by atoms with Crippen molar-refractivity contribution in [1.29, 1.82) is 0 Å². The van der Waals surface area contributed by atoms with Crippen LogP contribution in [0.15, 0.2) is 60.7 Å². The van der Waals surface area contributed by atoms with Crippen molar-refractivity contribution in [3.05, 3.63) is 65.7 Å². The molecule has 2 heterocycles. The minimum atomic E-state index is -4.50. The Morgan fingerprint density at radius 3 is 1.72 bits per heavy atom. The van der Waals surface area contributed by atoms with Crippen molar-refractivity contribution in [3.8, 4) is 17.2 Å². The number of benzene rings is 3. The molecular formula is C18H12ClN6O6P. The van der Waals surface area contributed by atoms with E-state index < -0.39 is 7.82 Å². The number of para-hydroxylation sites is 1. The van der Waals surface area contributed by atoms with Gasteiger partial charge >= 0.3 is 7.82 Å². The molecule has 0 fully saturated rings. The molecule has 0 saturated carbocycles. The van der Waals surface area contributed by atoms with Crippen molar-refractivity contribution in [1.82, 2.24) is 30.3 Å². The van der Waals surface area contributed by atoms with E-state index in [2.05, 4.69) is 20.6 Å². The third-order valence-corrected chi connectivity index (χ3v) is 5.89. The number of rotatable bonds is 6. The molecule has 0 saturated heterocycles. The molecule has 5 aromatic rings. The van der Waals surface area contributed by atoms with Crippen LogP contribution in [0.3, 0.4) is 0 Å². The third kappa shape index (κ3) is 3.51. The highest BCUT2D eigenvalue weighted by atomic mass is 35.5. The molecule has 0 aliphatic heterocycles. The lowest BCUT2D eigenvalue weighted by atomic mass is 10.3. The molecule has 2 N–H and O–H groups in total. The maximum atomic E-state index is 13.8. The van der Waals surface area contributed by atoms with Gasteiger partial charge in [0.05, 0.1) is 5.02 Å². The Bertz CT molecular complexity index is 1420. The largest absolute Gasteiger partial charge is 0.647 e. The van der Waals surface area contributed by atoms with E-state index in [1.807, 2.05) is 0 Å². The van der Waals surface area contributed by atoms with Gasteiger partial charge in [0.1, 0.15) is 11.0 Å². The summed E-state index contributed by atoms with van der Waals surface area (Å²) >= 11 is 6.16. The maximum Gasteiger partial charge on any atom is 0.647 e. The van der Waals surface area contributed by atoms with Crippen LogP contribution in [0.2, 0.25) is 5.02 Å². The van der Waals surface area contributed by atoms with Crippen molar-refractivity contribution in [2.24, 2.45) is 0 Å². The van der Waals surface area contributed by atoms with Gasteiger partial charge in [-0.05, 0) is 46.8 Å². The van der Waals surface area contributed by atoms with Gasteiger partial charge in [0, 0.05) is 0 Å². The van der Waals surface area contributed by atoms with Crippen LogP contribution in [0.25, 0.3) is 22.1 Å². The molecule has 32 heavy (non-hydrogen) atoms. The Morgan fingerprint density at radius 1 is 0.719 bits per heavy atom. The Kier molecular flexibility index (Phi) is 4.72. The second kappa shape index (κ2) is 7.59. The van der Waals surface area contributed by atoms with Crippen LogP contribution >= 0.6 is 19.4 Å². The van der Waals surface area contributed by atoms with Crippen molar-refractivity contribution >= 4 is 41.5 Å². The molecule has 2 aromatic heterocycles. The van der Waals surface area contributed by atoms with Gasteiger partial charge in [0.15, 0.2) is 28.3 Å². The fourth-order valence-corrected chi connectivity index (χ4v) is 4.42. The van der Waals surface area contributed by atoms with Gasteiger partial charge in [-0.1, -0.05) is 45.6 Å². The Morgan fingerprint density at radius 2 is 1.19 bits per heavy atom. The van der Waals surface area contributed by atoms with Gasteiger partial charge in [-0.2, -0.15) is 4.57 Å². The summed E-state index contributed by atoms with van der Waals surface area (Å²) in [4.78, 5) is 1.09. The van der Waals surface area contributed by atoms with E-state index in [1.54, 1.807) is 12.1 Å². The van der Waals surface area contributed by atoms with E-state index in [-0.39, 0.29) is 44.3 Å². The van der Waals surface area contributed by atoms with Gasteiger partial charge in [0.25, 0.3) is 0 Å². The lowest BCUT2D eigenvalue weighted by Crippen LogP contribution is -2.08. The fraction of sp³-hybridized carbons (Fsp3) is 0. The number of fused-ring (bicyclic) bond motifs is 2. The van der Waals surface area contributed by atoms with Crippen LogP contribution in [0.1, 0.15) is 0 Å². The minimum absolute atomic E-state index is 0.0313. The summed E-state index contributed by atoms with van der Waals surface area (Å²) in [6.07, 6.45) is 0. The minimum Gasteiger partial charge on any atom is -0.410 e. The van der Waals surface area contributed by atoms with Crippen molar-refractivity contribution in [2.45, 2.75) is 0 Å². The molecule has 0 amide bonds. The van der Waals surface area contributed by atoms with Gasteiger partial charge in [-0.15, -0.1) is 10.2 Å². The third-order valence-electron chi connectivity index (χ3n) is 4.31. The summed E-state index contributed by atoms with van der Waals surface area (Å²) in [5.74, 6) is -0.0270. The molecule has 0 aliphatic carbocycles. The fourth-order valence-electron chi connectivity index (χ4n) is 2.90. The maximum absolute atomic E-state index is 13.8. The van der Waals surface area contributed by atoms with E-state index in [4.69, 9.17) is 25.2 Å². The molecular weight excluding hydrogens is 463 g/mol. The quantitative estimate of drug-likeness (QED) is 0.274. The smallest absolute Gasteiger partial charge is 0.410 e. The molecule has 14 heteroatoms. The zero-order valence-electron chi connectivity index (χ0n) is 15.8. The Balaban J connectivity index is 1.60. The van der Waals surface area contributed by atoms with Crippen molar-refractivity contribution in [3.63, 3.8) is 0 Å². The topological polar surface area (TPSA) is 147 Å². The SMILES string of the molecule is O=P(Oc1ccccc1Cl)(Oc1cccc2c1nnn2O)Oc1cccc2c1nnn2O. The van der Waals surface area contributed by atoms with Gasteiger partial charge < -0.3 is 24.0 Å². The van der Waals surface area contributed by atoms with Crippen molar-refractivity contribution in [2.75, 3.05) is 0 Å². The second-order valence-electron chi connectivity index (χ2n) is 6.36. The van der Waals surface area contributed by atoms with E-state index in [1.165, 1.54) is 48.5 Å². The summed E-state index contributed by atoms with van der Waals surface area (Å²) in [6.45, 7) is 0. The molecule has 0 unspecified atom stereocenters. The van der Waals surface area contributed by atoms with E-state index >= 15 is 0 Å². The van der Waals surface area contributed by atoms with Crippen LogP contribution in [-0.2, 0) is 4.57 Å². The van der Waals surface area contributed by atoms with Crippen LogP contribution in [0, 0.1) is 0 Å². The molecule has 0 bridgehead atoms. The normalized spacial score (nSPS) is 11.7. The predicted molar refractivity (Wildman–Crippen MR) is 110 cm³/mol. The van der Waals surface area contributed by atoms with Gasteiger partial charge in [0.2, 0.25) is 0 Å². The summed E-state index contributed by atoms with van der Waals surface area (Å²) in [5, 5.41) is 34.3. The molecule has 162 valence electrons. The van der Waals surface area contributed by atoms with Crippen LogP contribution in [0.5, 0.6) is 17.2 Å². The first-order valence-electron chi connectivity index (χ1n) is 8.94. The Labute approximate surface area is 183 Å². The van der Waals surface area contributed by atoms with Crippen LogP contribution in [0.4, 0.5) is 0 Å². The molecule has 0 atom stereocenters. The standard InChI is InChI=1S/C18H12ClN6O6P/c19-11-5-1-2-8-14(11)29-32(28,30-15-9-3-6-12-17(15)20-22-24(12)26)31-16-10-4-7-13-18(16)21-23-25(13)27/h1-10,26-27H. The monoisotopic (exact) mass is 474 g/mol. The average Bonchev–Trinajstić information content (AvgIpc) is 3.34. The van der Waals surface area contributed by atoms with E-state index in [9.17, 15) is 15.0 Å². The van der Waals surface area contributed by atoms with Gasteiger partial charge in [-0.25, -0.2) is 0 Å². The highest BCUT2D eigenvalue weighted by Gasteiger charge is 2.36. The summed E-state index contributed by atoms with van der Waals surface area (Å²) in [7, 11) is -4.50. The number of phosphoric ester groups is 1. The zero-order chi connectivity index (χ0) is 22.3. The molecule has 0 radical (unpaired) electrons. The first-order chi connectivity index (χ1) is 15.4. The van der Waals surface area contributed by atoms with Crippen LogP contribution < -0.4 is 13.6 Å². The average molecular weight is 475 g/mol. The predicted octanol–water partition coefficient (Wildman–Crippen LogP) is 3.95. The zero-order valence-corrected chi connectivity index (χ0v) is 17.5. The number of aromatic nitrogens is 6. The highest BCUT2D eigenvalue weighted by molar-refractivity contribution is 7.49. The van der Waals surface area contributed by atoms with E-state index in [0.717, 1.165) is 0 Å². The first kappa shape index (κ1) is 19.9. The second-order valence-corrected chi connectivity index (χ2v) is 8.21. The number of nitrogens with zero attached hydrogens (tertiary/aromatic N) is 6. The summed E-state index contributed by atoms with van der Waals surface area (Å²) in [5.41, 5.74) is 0.636. The lowest BCUT2D eigenvalue weighted by molar-refractivity contribution is 0.154. The lowest BCUT2D eigenvalue weighted by Gasteiger charge is -2.20. The highest BCUT2D eigenvalue weighted by Crippen LogP contribution is 2.52. The molecule has 3 aromatic carbocycles. The van der Waals surface area contributed by atoms with Crippen molar-refractivity contribution < 1.29 is 28.6 Å².